The number of aromatic nitrogens is 1. The predicted octanol–water partition coefficient (Wildman–Crippen LogP) is 2.59. The monoisotopic (exact) mass is 333 g/mol. The van der Waals surface area contributed by atoms with Crippen LogP contribution in [0.2, 0.25) is 0 Å². The zero-order chi connectivity index (χ0) is 17.7. The second-order valence-corrected chi connectivity index (χ2v) is 6.77. The Kier molecular flexibility index (Phi) is 3.13. The summed E-state index contributed by atoms with van der Waals surface area (Å²) in [5.41, 5.74) is -2.88. The molecule has 25 heavy (non-hydrogen) atoms. The third-order valence-corrected chi connectivity index (χ3v) is 5.83. The van der Waals surface area contributed by atoms with Crippen molar-refractivity contribution in [3.05, 3.63) is 30.1 Å². The zero-order valence-corrected chi connectivity index (χ0v) is 13.4. The van der Waals surface area contributed by atoms with Gasteiger partial charge in [0.15, 0.2) is 10.8 Å². The quantitative estimate of drug-likeness (QED) is 0.841. The Balaban J connectivity index is 2.02. The van der Waals surface area contributed by atoms with Gasteiger partial charge in [-0.25, -0.2) is 0 Å². The van der Waals surface area contributed by atoms with Gasteiger partial charge in [-0.2, -0.15) is 15.8 Å². The van der Waals surface area contributed by atoms with Gasteiger partial charge in [-0.15, -0.1) is 0 Å². The van der Waals surface area contributed by atoms with Gasteiger partial charge in [-0.3, -0.25) is 10.4 Å². The van der Waals surface area contributed by atoms with Gasteiger partial charge in [0.05, 0.1) is 24.1 Å². The van der Waals surface area contributed by atoms with Crippen molar-refractivity contribution >= 4 is 5.90 Å². The first-order valence-electron chi connectivity index (χ1n) is 8.20. The number of nitriles is 3. The molecule has 0 aromatic carbocycles. The van der Waals surface area contributed by atoms with Crippen LogP contribution in [0.1, 0.15) is 37.4 Å². The summed E-state index contributed by atoms with van der Waals surface area (Å²) in [5.74, 6) is -2.10. The van der Waals surface area contributed by atoms with E-state index in [-0.39, 0.29) is 5.90 Å². The average molecular weight is 333 g/mol. The number of fused-ring (bicyclic) bond motifs is 2. The lowest BCUT2D eigenvalue weighted by Gasteiger charge is -2.63. The zero-order valence-electron chi connectivity index (χ0n) is 13.4. The predicted molar refractivity (Wildman–Crippen MR) is 83.3 cm³/mol. The van der Waals surface area contributed by atoms with E-state index in [0.29, 0.717) is 18.4 Å². The molecule has 4 atom stereocenters. The van der Waals surface area contributed by atoms with Crippen LogP contribution in [-0.4, -0.2) is 16.7 Å². The molecule has 5 rings (SSSR count). The summed E-state index contributed by atoms with van der Waals surface area (Å²) in [6, 6.07) is 9.69. The first-order valence-corrected chi connectivity index (χ1v) is 8.20. The van der Waals surface area contributed by atoms with Crippen molar-refractivity contribution < 1.29 is 9.47 Å². The molecule has 2 bridgehead atoms. The minimum atomic E-state index is -1.80. The molecule has 1 saturated carbocycles. The van der Waals surface area contributed by atoms with Crippen molar-refractivity contribution in [1.82, 2.24) is 4.98 Å². The van der Waals surface area contributed by atoms with E-state index in [0.717, 1.165) is 12.8 Å². The lowest BCUT2D eigenvalue weighted by Crippen LogP contribution is -2.73. The van der Waals surface area contributed by atoms with Crippen LogP contribution in [0, 0.1) is 56.2 Å². The molecule has 1 aromatic rings. The third kappa shape index (κ3) is 1.60. The summed E-state index contributed by atoms with van der Waals surface area (Å²) in [5, 5.41) is 38.6. The summed E-state index contributed by atoms with van der Waals surface area (Å²) < 4.78 is 12.1. The molecular weight excluding hydrogens is 318 g/mol. The molecule has 7 nitrogen and oxygen atoms in total. The largest absolute Gasteiger partial charge is 0.447 e. The van der Waals surface area contributed by atoms with E-state index in [1.165, 1.54) is 0 Å². The van der Waals surface area contributed by atoms with Gasteiger partial charge < -0.3 is 9.47 Å². The maximum atomic E-state index is 10.1. The second kappa shape index (κ2) is 5.02. The van der Waals surface area contributed by atoms with Crippen molar-refractivity contribution in [1.29, 1.82) is 21.2 Å². The minimum absolute atomic E-state index is 0.343. The molecule has 3 saturated heterocycles. The summed E-state index contributed by atoms with van der Waals surface area (Å²) in [6.07, 6.45) is 4.91. The van der Waals surface area contributed by atoms with Gasteiger partial charge >= 0.3 is 0 Å². The van der Waals surface area contributed by atoms with E-state index in [4.69, 9.17) is 14.9 Å². The Bertz CT molecular complexity index is 850. The van der Waals surface area contributed by atoms with Gasteiger partial charge in [0.1, 0.15) is 6.10 Å². The molecule has 4 heterocycles. The van der Waals surface area contributed by atoms with E-state index in [1.54, 1.807) is 24.5 Å². The maximum absolute atomic E-state index is 10.1. The van der Waals surface area contributed by atoms with E-state index < -0.39 is 28.6 Å². The van der Waals surface area contributed by atoms with Crippen molar-refractivity contribution in [2.24, 2.45) is 16.7 Å². The van der Waals surface area contributed by atoms with Gasteiger partial charge in [-0.1, -0.05) is 6.42 Å². The van der Waals surface area contributed by atoms with Crippen molar-refractivity contribution in [2.75, 3.05) is 0 Å². The van der Waals surface area contributed by atoms with Crippen LogP contribution in [0.5, 0.6) is 0 Å². The van der Waals surface area contributed by atoms with Crippen LogP contribution in [0.3, 0.4) is 0 Å². The fourth-order valence-corrected chi connectivity index (χ4v) is 4.68. The van der Waals surface area contributed by atoms with Gasteiger partial charge in [0.25, 0.3) is 0 Å². The van der Waals surface area contributed by atoms with E-state index >= 15 is 0 Å². The highest BCUT2D eigenvalue weighted by molar-refractivity contribution is 5.89. The number of rotatable bonds is 1. The summed E-state index contributed by atoms with van der Waals surface area (Å²) in [7, 11) is 0. The minimum Gasteiger partial charge on any atom is -0.447 e. The number of hydrogen-bond donors (Lipinski definition) is 1. The van der Waals surface area contributed by atoms with Crippen LogP contribution in [-0.2, 0) is 9.47 Å². The highest BCUT2D eigenvalue weighted by Gasteiger charge is 2.80. The van der Waals surface area contributed by atoms with Crippen molar-refractivity contribution in [2.45, 2.75) is 37.6 Å². The molecule has 1 aromatic heterocycles. The maximum Gasteiger partial charge on any atom is 0.218 e. The van der Waals surface area contributed by atoms with Crippen molar-refractivity contribution in [3.8, 4) is 18.2 Å². The first kappa shape index (κ1) is 15.6. The topological polar surface area (TPSA) is 127 Å². The molecule has 124 valence electrons. The van der Waals surface area contributed by atoms with E-state index in [1.807, 2.05) is 0 Å². The highest BCUT2D eigenvalue weighted by Crippen LogP contribution is 2.69. The van der Waals surface area contributed by atoms with Crippen molar-refractivity contribution in [3.63, 3.8) is 0 Å². The molecule has 0 radical (unpaired) electrons. The smallest absolute Gasteiger partial charge is 0.218 e. The van der Waals surface area contributed by atoms with E-state index in [2.05, 4.69) is 23.2 Å². The number of nitrogens with zero attached hydrogens (tertiary/aromatic N) is 4. The molecule has 7 heteroatoms. The molecule has 3 aliphatic heterocycles. The number of ether oxygens (including phenoxy) is 2. The molecular formula is C18H15N5O2. The van der Waals surface area contributed by atoms with Crippen LogP contribution in [0.4, 0.5) is 0 Å². The SMILES string of the molecule is N#CC1(C#N)[C@@H]2CCCC[C@@]23OC(=N)[C@@]1(C#N)[C@@H](c1ccncc1)O3. The molecule has 0 unspecified atom stereocenters. The third-order valence-electron chi connectivity index (χ3n) is 5.83. The lowest BCUT2D eigenvalue weighted by molar-refractivity contribution is -0.360. The molecule has 4 fully saturated rings. The fraction of sp³-hybridized carbons (Fsp3) is 0.500. The number of pyridine rings is 1. The summed E-state index contributed by atoms with van der Waals surface area (Å²) >= 11 is 0. The molecule has 4 aliphatic rings. The van der Waals surface area contributed by atoms with Crippen LogP contribution < -0.4 is 0 Å². The van der Waals surface area contributed by atoms with Gasteiger partial charge in [-0.05, 0) is 30.5 Å². The van der Waals surface area contributed by atoms with E-state index in [9.17, 15) is 15.8 Å². The van der Waals surface area contributed by atoms with Crippen LogP contribution >= 0.6 is 0 Å². The highest BCUT2D eigenvalue weighted by atomic mass is 16.7. The number of hydrogen-bond acceptors (Lipinski definition) is 7. The summed E-state index contributed by atoms with van der Waals surface area (Å²) in [4.78, 5) is 3.97. The molecule has 1 aliphatic carbocycles. The standard InChI is InChI=1S/C18H15N5O2/c19-9-16(10-20)13-3-1-2-6-18(13)24-14(12-4-7-23-8-5-12)17(16,11-21)15(22)25-18/h4-5,7-8,13-14,22H,1-3,6H2/t13-,14+,17+,18+/m0/s1. The normalized spacial score (nSPS) is 37.7. The first-order chi connectivity index (χ1) is 12.1. The average Bonchev–Trinajstić information content (AvgIpc) is 2.66. The van der Waals surface area contributed by atoms with Gasteiger partial charge in [0.2, 0.25) is 11.7 Å². The second-order valence-electron chi connectivity index (χ2n) is 6.77. The Hall–Kier alpha value is -2.95. The summed E-state index contributed by atoms with van der Waals surface area (Å²) in [6.45, 7) is 0. The molecule has 0 amide bonds. The Labute approximate surface area is 144 Å². The fourth-order valence-electron chi connectivity index (χ4n) is 4.68. The molecule has 1 N–H and O–H groups in total. The Morgan fingerprint density at radius 3 is 2.48 bits per heavy atom. The Morgan fingerprint density at radius 1 is 1.12 bits per heavy atom. The van der Waals surface area contributed by atoms with Crippen LogP contribution in [0.15, 0.2) is 24.5 Å². The lowest BCUT2D eigenvalue weighted by atomic mass is 9.48. The van der Waals surface area contributed by atoms with Crippen LogP contribution in [0.25, 0.3) is 0 Å². The molecule has 1 spiro atoms. The Morgan fingerprint density at radius 2 is 1.84 bits per heavy atom. The van der Waals surface area contributed by atoms with Gasteiger partial charge in [0, 0.05) is 18.8 Å². The number of nitrogens with one attached hydrogen (secondary N) is 1.